The molecule has 1 aromatic carbocycles. The molecular formula is C17H27FN2. The van der Waals surface area contributed by atoms with E-state index in [1.165, 1.54) is 19.3 Å². The van der Waals surface area contributed by atoms with E-state index in [1.807, 2.05) is 19.1 Å². The van der Waals surface area contributed by atoms with E-state index in [9.17, 15) is 4.39 Å². The van der Waals surface area contributed by atoms with E-state index in [4.69, 9.17) is 5.73 Å². The van der Waals surface area contributed by atoms with Crippen molar-refractivity contribution < 1.29 is 4.39 Å². The van der Waals surface area contributed by atoms with Crippen molar-refractivity contribution in [2.45, 2.75) is 52.5 Å². The fourth-order valence-electron chi connectivity index (χ4n) is 3.34. The zero-order chi connectivity index (χ0) is 14.8. The molecule has 112 valence electrons. The van der Waals surface area contributed by atoms with Crippen LogP contribution in [0.3, 0.4) is 0 Å². The molecule has 1 fully saturated rings. The van der Waals surface area contributed by atoms with Crippen molar-refractivity contribution in [1.82, 2.24) is 0 Å². The lowest BCUT2D eigenvalue weighted by Gasteiger charge is -2.28. The number of halogens is 1. The molecule has 3 heteroatoms. The molecule has 0 amide bonds. The van der Waals surface area contributed by atoms with E-state index in [-0.39, 0.29) is 11.9 Å². The van der Waals surface area contributed by atoms with E-state index >= 15 is 0 Å². The van der Waals surface area contributed by atoms with Crippen LogP contribution in [-0.2, 0) is 6.42 Å². The molecule has 1 aliphatic rings. The summed E-state index contributed by atoms with van der Waals surface area (Å²) in [5.74, 6) is -0.120. The predicted octanol–water partition coefficient (Wildman–Crippen LogP) is 3.73. The van der Waals surface area contributed by atoms with Gasteiger partial charge < -0.3 is 10.6 Å². The highest BCUT2D eigenvalue weighted by Gasteiger charge is 2.35. The van der Waals surface area contributed by atoms with Crippen LogP contribution in [0.5, 0.6) is 0 Å². The van der Waals surface area contributed by atoms with Gasteiger partial charge >= 0.3 is 0 Å². The molecule has 0 spiro atoms. The van der Waals surface area contributed by atoms with Gasteiger partial charge in [0, 0.05) is 30.4 Å². The summed E-state index contributed by atoms with van der Waals surface area (Å²) in [5.41, 5.74) is 8.11. The highest BCUT2D eigenvalue weighted by Crippen LogP contribution is 2.40. The van der Waals surface area contributed by atoms with E-state index < -0.39 is 0 Å². The minimum atomic E-state index is -0.120. The highest BCUT2D eigenvalue weighted by atomic mass is 19.1. The van der Waals surface area contributed by atoms with Gasteiger partial charge in [0.05, 0.1) is 0 Å². The first-order chi connectivity index (χ1) is 9.51. The number of anilines is 1. The summed E-state index contributed by atoms with van der Waals surface area (Å²) in [4.78, 5) is 2.35. The Kier molecular flexibility index (Phi) is 4.69. The number of hydrogen-bond acceptors (Lipinski definition) is 2. The van der Waals surface area contributed by atoms with Crippen LogP contribution < -0.4 is 10.6 Å². The standard InChI is InChI=1S/C17H27FN2/c1-4-17(5-2)9-10-20(12-17)16-8-6-7-15(18)14(16)11-13(3)19/h6-8,13H,4-5,9-12,19H2,1-3H3. The van der Waals surface area contributed by atoms with Crippen molar-refractivity contribution >= 4 is 5.69 Å². The molecule has 1 aliphatic heterocycles. The van der Waals surface area contributed by atoms with Gasteiger partial charge in [-0.15, -0.1) is 0 Å². The summed E-state index contributed by atoms with van der Waals surface area (Å²) in [6, 6.07) is 5.38. The summed E-state index contributed by atoms with van der Waals surface area (Å²) in [6.07, 6.45) is 4.19. The van der Waals surface area contributed by atoms with Crippen molar-refractivity contribution in [3.05, 3.63) is 29.6 Å². The third-order valence-electron chi connectivity index (χ3n) is 4.90. The summed E-state index contributed by atoms with van der Waals surface area (Å²) in [5, 5.41) is 0. The molecular weight excluding hydrogens is 251 g/mol. The Morgan fingerprint density at radius 2 is 2.05 bits per heavy atom. The first-order valence-corrected chi connectivity index (χ1v) is 7.79. The SMILES string of the molecule is CCC1(CC)CCN(c2cccc(F)c2CC(C)N)C1. The van der Waals surface area contributed by atoms with E-state index in [0.29, 0.717) is 11.8 Å². The molecule has 2 rings (SSSR count). The smallest absolute Gasteiger partial charge is 0.128 e. The Morgan fingerprint density at radius 1 is 1.35 bits per heavy atom. The monoisotopic (exact) mass is 278 g/mol. The lowest BCUT2D eigenvalue weighted by Crippen LogP contribution is -2.28. The predicted molar refractivity (Wildman–Crippen MR) is 83.6 cm³/mol. The molecule has 0 aliphatic carbocycles. The number of nitrogens with zero attached hydrogens (tertiary/aromatic N) is 1. The zero-order valence-corrected chi connectivity index (χ0v) is 13.0. The topological polar surface area (TPSA) is 29.3 Å². The van der Waals surface area contributed by atoms with Gasteiger partial charge in [-0.2, -0.15) is 0 Å². The van der Waals surface area contributed by atoms with Crippen LogP contribution in [0.1, 0.15) is 45.6 Å². The summed E-state index contributed by atoms with van der Waals surface area (Å²) >= 11 is 0. The minimum Gasteiger partial charge on any atom is -0.371 e. The average molecular weight is 278 g/mol. The second-order valence-corrected chi connectivity index (χ2v) is 6.30. The van der Waals surface area contributed by atoms with Gasteiger partial charge in [0.15, 0.2) is 0 Å². The van der Waals surface area contributed by atoms with Crippen LogP contribution >= 0.6 is 0 Å². The van der Waals surface area contributed by atoms with Crippen molar-refractivity contribution in [1.29, 1.82) is 0 Å². The summed E-state index contributed by atoms with van der Waals surface area (Å²) in [6.45, 7) is 8.53. The maximum absolute atomic E-state index is 14.1. The molecule has 1 unspecified atom stereocenters. The maximum atomic E-state index is 14.1. The first-order valence-electron chi connectivity index (χ1n) is 7.79. The second kappa shape index (κ2) is 6.13. The van der Waals surface area contributed by atoms with Gasteiger partial charge in [-0.3, -0.25) is 0 Å². The lowest BCUT2D eigenvalue weighted by molar-refractivity contribution is 0.301. The molecule has 1 aromatic rings. The molecule has 2 nitrogen and oxygen atoms in total. The molecule has 0 saturated carbocycles. The Hall–Kier alpha value is -1.09. The molecule has 20 heavy (non-hydrogen) atoms. The van der Waals surface area contributed by atoms with Crippen LogP contribution in [0.25, 0.3) is 0 Å². The molecule has 2 N–H and O–H groups in total. The molecule has 1 saturated heterocycles. The van der Waals surface area contributed by atoms with Gasteiger partial charge in [0.2, 0.25) is 0 Å². The fraction of sp³-hybridized carbons (Fsp3) is 0.647. The highest BCUT2D eigenvalue weighted by molar-refractivity contribution is 5.55. The summed E-state index contributed by atoms with van der Waals surface area (Å²) in [7, 11) is 0. The van der Waals surface area contributed by atoms with E-state index in [1.54, 1.807) is 6.07 Å². The minimum absolute atomic E-state index is 0.0182. The Labute approximate surface area is 122 Å². The first kappa shape index (κ1) is 15.3. The molecule has 0 aromatic heterocycles. The number of hydrogen-bond donors (Lipinski definition) is 1. The Bertz CT molecular complexity index is 452. The third-order valence-corrected chi connectivity index (χ3v) is 4.90. The molecule has 0 radical (unpaired) electrons. The lowest BCUT2D eigenvalue weighted by atomic mass is 9.82. The fourth-order valence-corrected chi connectivity index (χ4v) is 3.34. The number of nitrogens with two attached hydrogens (primary N) is 1. The number of benzene rings is 1. The van der Waals surface area contributed by atoms with Gasteiger partial charge in [0.1, 0.15) is 5.82 Å². The number of rotatable bonds is 5. The van der Waals surface area contributed by atoms with Gasteiger partial charge in [-0.25, -0.2) is 4.39 Å². The van der Waals surface area contributed by atoms with Crippen molar-refractivity contribution in [3.63, 3.8) is 0 Å². The van der Waals surface area contributed by atoms with Gasteiger partial charge in [0.25, 0.3) is 0 Å². The molecule has 1 heterocycles. The van der Waals surface area contributed by atoms with Crippen LogP contribution in [0.2, 0.25) is 0 Å². The van der Waals surface area contributed by atoms with Crippen molar-refractivity contribution in [2.75, 3.05) is 18.0 Å². The Balaban J connectivity index is 2.28. The summed E-state index contributed by atoms with van der Waals surface area (Å²) < 4.78 is 14.1. The van der Waals surface area contributed by atoms with Gasteiger partial charge in [-0.1, -0.05) is 19.9 Å². The molecule has 1 atom stereocenters. The maximum Gasteiger partial charge on any atom is 0.128 e. The Morgan fingerprint density at radius 3 is 2.60 bits per heavy atom. The van der Waals surface area contributed by atoms with Crippen LogP contribution in [0.15, 0.2) is 18.2 Å². The van der Waals surface area contributed by atoms with Crippen molar-refractivity contribution in [3.8, 4) is 0 Å². The zero-order valence-electron chi connectivity index (χ0n) is 13.0. The van der Waals surface area contributed by atoms with Crippen LogP contribution in [0.4, 0.5) is 10.1 Å². The quantitative estimate of drug-likeness (QED) is 0.889. The van der Waals surface area contributed by atoms with Crippen LogP contribution in [0, 0.1) is 11.2 Å². The van der Waals surface area contributed by atoms with Crippen molar-refractivity contribution in [2.24, 2.45) is 11.1 Å². The third kappa shape index (κ3) is 2.98. The molecule has 0 bridgehead atoms. The average Bonchev–Trinajstić information content (AvgIpc) is 2.86. The second-order valence-electron chi connectivity index (χ2n) is 6.30. The van der Waals surface area contributed by atoms with Crippen LogP contribution in [-0.4, -0.2) is 19.1 Å². The normalized spacial score (nSPS) is 19.4. The van der Waals surface area contributed by atoms with E-state index in [0.717, 1.165) is 24.3 Å². The van der Waals surface area contributed by atoms with Gasteiger partial charge in [-0.05, 0) is 50.2 Å². The largest absolute Gasteiger partial charge is 0.371 e. The van der Waals surface area contributed by atoms with E-state index in [2.05, 4.69) is 18.7 Å².